The minimum Gasteiger partial charge on any atom is -0.418 e. The lowest BCUT2D eigenvalue weighted by molar-refractivity contribution is -0.703. The SMILES string of the molecule is CCC(CC)C[n+]1ccc(-c2cc[nH+]cc2)cc1.F[B-](F)(F)F.F[B-](F)(F)F. The standard InChI is InChI=1S/C16H21N2.2BF4/c1-3-14(4-2)13-18-11-7-16(8-12-18)15-5-9-17-10-6-15;2*2-1(3,4)5/h5-12,14H,3-4,13H2,1-2H3;;/q+1;2*-1/p+1. The Morgan fingerprint density at radius 2 is 1.11 bits per heavy atom. The predicted molar refractivity (Wildman–Crippen MR) is 93.1 cm³/mol. The van der Waals surface area contributed by atoms with E-state index in [1.54, 1.807) is 0 Å². The van der Waals surface area contributed by atoms with Gasteiger partial charge in [0.05, 0.1) is 0 Å². The highest BCUT2D eigenvalue weighted by molar-refractivity contribution is 6.50. The molecule has 0 unspecified atom stereocenters. The number of rotatable bonds is 5. The van der Waals surface area contributed by atoms with Gasteiger partial charge in [0.1, 0.15) is 0 Å². The molecular weight excluding hydrogens is 394 g/mol. The minimum absolute atomic E-state index is 0.784. The van der Waals surface area contributed by atoms with Crippen LogP contribution in [0.4, 0.5) is 34.5 Å². The first-order valence-electron chi connectivity index (χ1n) is 8.53. The third-order valence-corrected chi connectivity index (χ3v) is 3.57. The second-order valence-corrected chi connectivity index (χ2v) is 5.74. The highest BCUT2D eigenvalue weighted by Gasteiger charge is 2.21. The third-order valence-electron chi connectivity index (χ3n) is 3.57. The van der Waals surface area contributed by atoms with Crippen LogP contribution in [0.3, 0.4) is 0 Å². The summed E-state index contributed by atoms with van der Waals surface area (Å²) in [5.41, 5.74) is 2.52. The Labute approximate surface area is 158 Å². The smallest absolute Gasteiger partial charge is 0.418 e. The van der Waals surface area contributed by atoms with Crippen molar-refractivity contribution in [2.24, 2.45) is 5.92 Å². The van der Waals surface area contributed by atoms with Crippen molar-refractivity contribution >= 4 is 14.5 Å². The molecule has 0 aliphatic rings. The normalized spacial score (nSPS) is 11.2. The first kappa shape index (κ1) is 25.9. The molecule has 0 amide bonds. The molecule has 0 aliphatic carbocycles. The van der Waals surface area contributed by atoms with Crippen molar-refractivity contribution < 1.29 is 44.1 Å². The fourth-order valence-electron chi connectivity index (χ4n) is 2.20. The molecule has 0 aromatic carbocycles. The van der Waals surface area contributed by atoms with Crippen molar-refractivity contribution in [3.05, 3.63) is 49.1 Å². The fraction of sp³-hybridized carbons (Fsp3) is 0.375. The van der Waals surface area contributed by atoms with Gasteiger partial charge in [-0.2, -0.15) is 0 Å². The second-order valence-electron chi connectivity index (χ2n) is 5.74. The summed E-state index contributed by atoms with van der Waals surface area (Å²) in [6.45, 7) is 5.66. The fourth-order valence-corrected chi connectivity index (χ4v) is 2.20. The van der Waals surface area contributed by atoms with E-state index in [0.717, 1.165) is 12.5 Å². The van der Waals surface area contributed by atoms with E-state index in [1.807, 2.05) is 12.4 Å². The summed E-state index contributed by atoms with van der Waals surface area (Å²) < 4.78 is 80.3. The molecule has 0 aliphatic heterocycles. The van der Waals surface area contributed by atoms with Crippen LogP contribution >= 0.6 is 0 Å². The maximum atomic E-state index is 9.75. The summed E-state index contributed by atoms with van der Waals surface area (Å²) >= 11 is 0. The van der Waals surface area contributed by atoms with Crippen LogP contribution in [0.15, 0.2) is 49.1 Å². The minimum atomic E-state index is -6.00. The molecule has 2 rings (SSSR count). The molecule has 2 aromatic heterocycles. The van der Waals surface area contributed by atoms with Crippen molar-refractivity contribution in [2.45, 2.75) is 33.2 Å². The molecule has 28 heavy (non-hydrogen) atoms. The van der Waals surface area contributed by atoms with Crippen LogP contribution < -0.4 is 9.55 Å². The lowest BCUT2D eigenvalue weighted by atomic mass is 10.0. The van der Waals surface area contributed by atoms with Crippen molar-refractivity contribution in [3.8, 4) is 11.1 Å². The maximum absolute atomic E-state index is 9.75. The van der Waals surface area contributed by atoms with Gasteiger partial charge >= 0.3 is 14.5 Å². The summed E-state index contributed by atoms with van der Waals surface area (Å²) in [5.74, 6) is 0.784. The van der Waals surface area contributed by atoms with Gasteiger partial charge in [0.2, 0.25) is 0 Å². The molecule has 158 valence electrons. The highest BCUT2D eigenvalue weighted by Crippen LogP contribution is 2.15. The number of hydrogen-bond acceptors (Lipinski definition) is 0. The van der Waals surface area contributed by atoms with Crippen LogP contribution in [-0.2, 0) is 6.54 Å². The van der Waals surface area contributed by atoms with E-state index in [9.17, 15) is 34.5 Å². The second kappa shape index (κ2) is 12.4. The Hall–Kier alpha value is -2.13. The van der Waals surface area contributed by atoms with Gasteiger partial charge in [0.25, 0.3) is 0 Å². The Morgan fingerprint density at radius 1 is 0.750 bits per heavy atom. The van der Waals surface area contributed by atoms with Gasteiger partial charge in [-0.1, -0.05) is 13.8 Å². The topological polar surface area (TPSA) is 18.0 Å². The molecule has 2 nitrogen and oxygen atoms in total. The zero-order valence-electron chi connectivity index (χ0n) is 15.4. The van der Waals surface area contributed by atoms with Crippen LogP contribution in [0, 0.1) is 5.92 Å². The number of nitrogens with one attached hydrogen (secondary N) is 1. The molecule has 0 fully saturated rings. The molecule has 0 spiro atoms. The van der Waals surface area contributed by atoms with Gasteiger partial charge < -0.3 is 34.5 Å². The van der Waals surface area contributed by atoms with E-state index in [-0.39, 0.29) is 0 Å². The quantitative estimate of drug-likeness (QED) is 0.349. The van der Waals surface area contributed by atoms with Crippen molar-refractivity contribution in [2.75, 3.05) is 0 Å². The van der Waals surface area contributed by atoms with Crippen LogP contribution in [0.5, 0.6) is 0 Å². The monoisotopic (exact) mass is 416 g/mol. The summed E-state index contributed by atoms with van der Waals surface area (Å²) in [5, 5.41) is 0. The van der Waals surface area contributed by atoms with Gasteiger partial charge in [-0.05, 0) is 24.0 Å². The van der Waals surface area contributed by atoms with E-state index in [1.165, 1.54) is 24.0 Å². The zero-order chi connectivity index (χ0) is 21.8. The van der Waals surface area contributed by atoms with Crippen LogP contribution in [-0.4, -0.2) is 14.5 Å². The molecule has 12 heteroatoms. The summed E-state index contributed by atoms with van der Waals surface area (Å²) in [7, 11) is -12.0. The molecule has 0 atom stereocenters. The number of halogens is 8. The maximum Gasteiger partial charge on any atom is 0.673 e. The lowest BCUT2D eigenvalue weighted by Crippen LogP contribution is -2.36. The van der Waals surface area contributed by atoms with Crippen LogP contribution in [0.1, 0.15) is 26.7 Å². The largest absolute Gasteiger partial charge is 0.673 e. The molecule has 2 heterocycles. The summed E-state index contributed by atoms with van der Waals surface area (Å²) in [6, 6.07) is 8.58. The first-order chi connectivity index (χ1) is 12.8. The Balaban J connectivity index is 0.000000607. The third kappa shape index (κ3) is 16.1. The number of aromatic amines is 1. The average Bonchev–Trinajstić information content (AvgIpc) is 2.58. The molecule has 0 saturated carbocycles. The molecule has 0 bridgehead atoms. The number of aromatic nitrogens is 2. The van der Waals surface area contributed by atoms with Crippen LogP contribution in [0.25, 0.3) is 11.1 Å². The van der Waals surface area contributed by atoms with E-state index in [0.29, 0.717) is 0 Å². The van der Waals surface area contributed by atoms with E-state index in [2.05, 4.69) is 60.1 Å². The zero-order valence-corrected chi connectivity index (χ0v) is 15.4. The molecular formula is C16H22B2F8N2. The van der Waals surface area contributed by atoms with Crippen molar-refractivity contribution in [1.82, 2.24) is 0 Å². The highest BCUT2D eigenvalue weighted by atomic mass is 19.5. The lowest BCUT2D eigenvalue weighted by Gasteiger charge is -2.08. The number of hydrogen-bond donors (Lipinski definition) is 0. The molecule has 0 radical (unpaired) electrons. The molecule has 0 saturated heterocycles. The Bertz CT molecular complexity index is 620. The van der Waals surface area contributed by atoms with E-state index < -0.39 is 14.5 Å². The van der Waals surface area contributed by atoms with E-state index >= 15 is 0 Å². The number of H-pyrrole nitrogens is 1. The summed E-state index contributed by atoms with van der Waals surface area (Å²) in [6.07, 6.45) is 10.8. The number of nitrogens with zero attached hydrogens (tertiary/aromatic N) is 1. The first-order valence-corrected chi connectivity index (χ1v) is 8.53. The van der Waals surface area contributed by atoms with Gasteiger partial charge in [-0.15, -0.1) is 0 Å². The van der Waals surface area contributed by atoms with Crippen LogP contribution in [0.2, 0.25) is 0 Å². The Morgan fingerprint density at radius 3 is 1.46 bits per heavy atom. The van der Waals surface area contributed by atoms with E-state index in [4.69, 9.17) is 0 Å². The Kier molecular flexibility index (Phi) is 11.4. The summed E-state index contributed by atoms with van der Waals surface area (Å²) in [4.78, 5) is 3.05. The predicted octanol–water partition coefficient (Wildman–Crippen LogP) is 5.49. The average molecular weight is 416 g/mol. The number of pyridine rings is 2. The van der Waals surface area contributed by atoms with Gasteiger partial charge in [-0.25, -0.2) is 9.55 Å². The van der Waals surface area contributed by atoms with Crippen molar-refractivity contribution in [1.29, 1.82) is 0 Å². The van der Waals surface area contributed by atoms with Gasteiger partial charge in [0.15, 0.2) is 31.3 Å². The molecule has 1 N–H and O–H groups in total. The molecule has 2 aromatic rings. The van der Waals surface area contributed by atoms with Gasteiger partial charge in [-0.3, -0.25) is 0 Å². The van der Waals surface area contributed by atoms with Crippen molar-refractivity contribution in [3.63, 3.8) is 0 Å². The van der Waals surface area contributed by atoms with Gasteiger partial charge in [0, 0.05) is 30.2 Å².